The van der Waals surface area contributed by atoms with Crippen molar-refractivity contribution in [3.63, 3.8) is 0 Å². The largest absolute Gasteiger partial charge is 0.370 e. The van der Waals surface area contributed by atoms with Crippen molar-refractivity contribution in [2.75, 3.05) is 23.9 Å². The van der Waals surface area contributed by atoms with Gasteiger partial charge in [0, 0.05) is 93.8 Å². The van der Waals surface area contributed by atoms with Gasteiger partial charge in [0.15, 0.2) is 5.71 Å². The molecule has 0 bridgehead atoms. The molecule has 1 saturated carbocycles. The third-order valence-electron chi connectivity index (χ3n) is 11.3. The van der Waals surface area contributed by atoms with Crippen LogP contribution in [0.3, 0.4) is 0 Å². The molecule has 2 atom stereocenters. The second kappa shape index (κ2) is 12.6. The van der Waals surface area contributed by atoms with E-state index < -0.39 is 0 Å². The van der Waals surface area contributed by atoms with E-state index in [1.807, 2.05) is 12.1 Å². The number of benzene rings is 4. The van der Waals surface area contributed by atoms with Gasteiger partial charge in [0.1, 0.15) is 0 Å². The number of rotatable bonds is 6. The van der Waals surface area contributed by atoms with Gasteiger partial charge >= 0.3 is 0 Å². The van der Waals surface area contributed by atoms with Gasteiger partial charge in [-0.1, -0.05) is 93.4 Å². The standard InChI is InChI=1S/C43H46Cl2N3/c1-42(2)35-27-31(44)21-23-37(35)46(5)39(42)25-19-29-17-18-30(20-26-40-43(3,4)36-28-32(45)22-24-38(36)47(40)6)41(29)48(33-13-9-7-10-14-33)34-15-11-8-12-16-34/h7-16,19,21-25,27-28,30,40H,17-18,20,26H2,1-6H3/q+1/t30-,40?/m1/s1. The molecule has 3 aliphatic rings. The highest BCUT2D eigenvalue weighted by atomic mass is 35.5. The van der Waals surface area contributed by atoms with E-state index in [0.29, 0.717) is 12.0 Å². The SMILES string of the molecule is CN1C(=CC=C2CC[C@H](CCC3N(C)c4ccc(Cl)cc4C3(C)C)C2=[N+](c2ccccc2)c2ccccc2)C(C)(C)c2cc(Cl)ccc21. The number of anilines is 2. The van der Waals surface area contributed by atoms with Crippen molar-refractivity contribution in [2.45, 2.75) is 70.3 Å². The van der Waals surface area contributed by atoms with Gasteiger partial charge in [-0.15, -0.1) is 0 Å². The first-order chi connectivity index (χ1) is 23.0. The number of hydrogen-bond acceptors (Lipinski definition) is 2. The fourth-order valence-corrected chi connectivity index (χ4v) is 9.12. The summed E-state index contributed by atoms with van der Waals surface area (Å²) in [6.07, 6.45) is 9.16. The lowest BCUT2D eigenvalue weighted by molar-refractivity contribution is 0.381. The maximum atomic E-state index is 6.50. The minimum absolute atomic E-state index is 0.00588. The number of allylic oxidation sites excluding steroid dienone is 4. The molecule has 0 radical (unpaired) electrons. The van der Waals surface area contributed by atoms with Crippen LogP contribution in [-0.4, -0.2) is 25.8 Å². The van der Waals surface area contributed by atoms with Crippen LogP contribution in [0.15, 0.2) is 120 Å². The Labute approximate surface area is 296 Å². The van der Waals surface area contributed by atoms with E-state index in [9.17, 15) is 0 Å². The normalized spacial score (nSPS) is 22.5. The molecule has 0 saturated heterocycles. The molecule has 1 unspecified atom stereocenters. The van der Waals surface area contributed by atoms with Crippen LogP contribution in [0.5, 0.6) is 0 Å². The van der Waals surface area contributed by atoms with Gasteiger partial charge < -0.3 is 9.80 Å². The van der Waals surface area contributed by atoms with Crippen molar-refractivity contribution in [2.24, 2.45) is 5.92 Å². The van der Waals surface area contributed by atoms with Crippen LogP contribution in [0.25, 0.3) is 0 Å². The third-order valence-corrected chi connectivity index (χ3v) is 11.8. The number of para-hydroxylation sites is 2. The second-order valence-corrected chi connectivity index (χ2v) is 15.7. The molecule has 0 spiro atoms. The first-order valence-corrected chi connectivity index (χ1v) is 18.0. The Kier molecular flexibility index (Phi) is 8.59. The summed E-state index contributed by atoms with van der Waals surface area (Å²) in [6, 6.07) is 34.9. The first kappa shape index (κ1) is 32.7. The molecule has 1 aliphatic carbocycles. The summed E-state index contributed by atoms with van der Waals surface area (Å²) in [5.41, 5.74) is 11.5. The van der Waals surface area contributed by atoms with Crippen molar-refractivity contribution < 1.29 is 0 Å². The molecule has 0 N–H and O–H groups in total. The van der Waals surface area contributed by atoms with Crippen molar-refractivity contribution in [3.8, 4) is 0 Å². The van der Waals surface area contributed by atoms with Crippen molar-refractivity contribution in [3.05, 3.63) is 142 Å². The fraction of sp³-hybridized carbons (Fsp3) is 0.326. The van der Waals surface area contributed by atoms with Crippen LogP contribution in [0.1, 0.15) is 64.5 Å². The highest BCUT2D eigenvalue weighted by molar-refractivity contribution is 6.31. The lowest BCUT2D eigenvalue weighted by atomic mass is 9.77. The van der Waals surface area contributed by atoms with Crippen molar-refractivity contribution >= 4 is 51.7 Å². The molecule has 3 nitrogen and oxygen atoms in total. The highest BCUT2D eigenvalue weighted by Crippen LogP contribution is 2.49. The Morgan fingerprint density at radius 1 is 0.729 bits per heavy atom. The van der Waals surface area contributed by atoms with Gasteiger partial charge in [-0.05, 0) is 79.3 Å². The number of hydrogen-bond donors (Lipinski definition) is 0. The van der Waals surface area contributed by atoms with E-state index in [-0.39, 0.29) is 10.8 Å². The van der Waals surface area contributed by atoms with E-state index >= 15 is 0 Å². The Morgan fingerprint density at radius 2 is 1.31 bits per heavy atom. The maximum Gasteiger partial charge on any atom is 0.211 e. The van der Waals surface area contributed by atoms with Gasteiger partial charge in [0.2, 0.25) is 11.4 Å². The Bertz CT molecular complexity index is 1900. The Morgan fingerprint density at radius 3 is 1.94 bits per heavy atom. The summed E-state index contributed by atoms with van der Waals surface area (Å²) >= 11 is 13.0. The van der Waals surface area contributed by atoms with Crippen LogP contribution < -0.4 is 14.4 Å². The molecular weight excluding hydrogens is 629 g/mol. The van der Waals surface area contributed by atoms with Crippen LogP contribution in [0.2, 0.25) is 10.0 Å². The summed E-state index contributed by atoms with van der Waals surface area (Å²) in [5.74, 6) is 0.414. The average molecular weight is 676 g/mol. The molecule has 1 fully saturated rings. The third kappa shape index (κ3) is 5.59. The van der Waals surface area contributed by atoms with Crippen LogP contribution in [0.4, 0.5) is 22.7 Å². The zero-order valence-corrected chi connectivity index (χ0v) is 30.5. The molecule has 48 heavy (non-hydrogen) atoms. The lowest BCUT2D eigenvalue weighted by Crippen LogP contribution is -2.40. The van der Waals surface area contributed by atoms with Crippen LogP contribution in [0, 0.1) is 5.92 Å². The molecule has 4 aromatic rings. The number of halogens is 2. The monoisotopic (exact) mass is 674 g/mol. The molecule has 5 heteroatoms. The van der Waals surface area contributed by atoms with Gasteiger partial charge in [0.25, 0.3) is 0 Å². The Balaban J connectivity index is 1.31. The molecule has 7 rings (SSSR count). The van der Waals surface area contributed by atoms with E-state index in [0.717, 1.165) is 35.7 Å². The molecule has 246 valence electrons. The highest BCUT2D eigenvalue weighted by Gasteiger charge is 2.45. The van der Waals surface area contributed by atoms with Gasteiger partial charge in [-0.3, -0.25) is 0 Å². The number of likely N-dealkylation sites (N-methyl/N-ethyl adjacent to an activating group) is 2. The quantitative estimate of drug-likeness (QED) is 0.188. The van der Waals surface area contributed by atoms with Crippen molar-refractivity contribution in [1.82, 2.24) is 4.58 Å². The van der Waals surface area contributed by atoms with E-state index in [1.54, 1.807) is 0 Å². The molecule has 0 aromatic heterocycles. The fourth-order valence-electron chi connectivity index (χ4n) is 8.78. The maximum absolute atomic E-state index is 6.50. The summed E-state index contributed by atoms with van der Waals surface area (Å²) in [7, 11) is 4.44. The minimum Gasteiger partial charge on any atom is -0.370 e. The Hall–Kier alpha value is -3.79. The molecule has 0 amide bonds. The lowest BCUT2D eigenvalue weighted by Gasteiger charge is -2.33. The zero-order valence-electron chi connectivity index (χ0n) is 29.0. The van der Waals surface area contributed by atoms with E-state index in [2.05, 4.69) is 153 Å². The van der Waals surface area contributed by atoms with Crippen LogP contribution >= 0.6 is 23.2 Å². The number of fused-ring (bicyclic) bond motifs is 2. The summed E-state index contributed by atoms with van der Waals surface area (Å²) in [4.78, 5) is 4.83. The first-order valence-electron chi connectivity index (χ1n) is 17.2. The smallest absolute Gasteiger partial charge is 0.211 e. The topological polar surface area (TPSA) is 9.49 Å². The minimum atomic E-state index is -0.153. The van der Waals surface area contributed by atoms with E-state index in [1.165, 1.54) is 50.9 Å². The summed E-state index contributed by atoms with van der Waals surface area (Å²) in [5, 5.41) is 1.60. The van der Waals surface area contributed by atoms with Crippen molar-refractivity contribution in [1.29, 1.82) is 0 Å². The average Bonchev–Trinajstić information content (AvgIpc) is 3.61. The molecule has 2 heterocycles. The molecule has 4 aromatic carbocycles. The number of nitrogens with zero attached hydrogens (tertiary/aromatic N) is 3. The predicted octanol–water partition coefficient (Wildman–Crippen LogP) is 11.5. The van der Waals surface area contributed by atoms with Crippen LogP contribution in [-0.2, 0) is 10.8 Å². The zero-order chi connectivity index (χ0) is 33.8. The molecule has 2 aliphatic heterocycles. The summed E-state index contributed by atoms with van der Waals surface area (Å²) < 4.78 is 2.53. The van der Waals surface area contributed by atoms with Gasteiger partial charge in [-0.2, -0.15) is 4.58 Å². The van der Waals surface area contributed by atoms with E-state index in [4.69, 9.17) is 23.2 Å². The van der Waals surface area contributed by atoms with Gasteiger partial charge in [0.05, 0.1) is 0 Å². The summed E-state index contributed by atoms with van der Waals surface area (Å²) in [6.45, 7) is 9.39. The predicted molar refractivity (Wildman–Crippen MR) is 207 cm³/mol. The second-order valence-electron chi connectivity index (χ2n) is 14.8. The molecular formula is C43H46Cl2N3+. The van der Waals surface area contributed by atoms with Gasteiger partial charge in [-0.25, -0.2) is 0 Å².